The van der Waals surface area contributed by atoms with E-state index in [-0.39, 0.29) is 18.0 Å². The summed E-state index contributed by atoms with van der Waals surface area (Å²) in [4.78, 5) is 39.8. The molecule has 0 bridgehead atoms. The van der Waals surface area contributed by atoms with E-state index in [0.29, 0.717) is 22.4 Å². The Balaban J connectivity index is 1.58. The Labute approximate surface area is 207 Å². The van der Waals surface area contributed by atoms with Crippen molar-refractivity contribution >= 4 is 39.6 Å². The maximum Gasteiger partial charge on any atom is 0.343 e. The first-order valence-electron chi connectivity index (χ1n) is 11.5. The van der Waals surface area contributed by atoms with Crippen molar-refractivity contribution in [2.75, 3.05) is 11.9 Å². The number of nitrogens with one attached hydrogen (secondary N) is 1. The molecule has 36 heavy (non-hydrogen) atoms. The summed E-state index contributed by atoms with van der Waals surface area (Å²) in [5, 5.41) is 8.22. The number of para-hydroxylation sites is 1. The summed E-state index contributed by atoms with van der Waals surface area (Å²) in [6, 6.07) is 14.7. The number of rotatable bonds is 5. The number of benzene rings is 2. The van der Waals surface area contributed by atoms with Crippen LogP contribution in [0.25, 0.3) is 27.8 Å². The van der Waals surface area contributed by atoms with E-state index in [0.717, 1.165) is 27.9 Å². The fraction of sp³-hybridized carbons (Fsp3) is 0.185. The number of esters is 1. The second-order valence-electron chi connectivity index (χ2n) is 8.41. The Morgan fingerprint density at radius 3 is 2.44 bits per heavy atom. The van der Waals surface area contributed by atoms with Gasteiger partial charge in [0.05, 0.1) is 40.7 Å². The maximum absolute atomic E-state index is 13.3. The zero-order valence-electron chi connectivity index (χ0n) is 20.4. The van der Waals surface area contributed by atoms with Crippen LogP contribution >= 0.6 is 0 Å². The lowest BCUT2D eigenvalue weighted by molar-refractivity contribution is 0.0527. The van der Waals surface area contributed by atoms with Crippen LogP contribution in [0.2, 0.25) is 0 Å². The van der Waals surface area contributed by atoms with Gasteiger partial charge in [-0.3, -0.25) is 4.79 Å². The monoisotopic (exact) mass is 480 g/mol. The zero-order chi connectivity index (χ0) is 25.4. The number of fused-ring (bicyclic) bond motifs is 2. The van der Waals surface area contributed by atoms with Gasteiger partial charge in [-0.2, -0.15) is 9.78 Å². The minimum absolute atomic E-state index is 0.130. The molecule has 0 radical (unpaired) electrons. The fourth-order valence-electron chi connectivity index (χ4n) is 3.99. The number of nitrogens with zero attached hydrogens (tertiary/aromatic N) is 5. The van der Waals surface area contributed by atoms with Gasteiger partial charge in [0, 0.05) is 10.9 Å². The van der Waals surface area contributed by atoms with Crippen LogP contribution in [0.15, 0.2) is 54.7 Å². The number of hydrogen-bond acceptors (Lipinski definition) is 7. The quantitative estimate of drug-likeness (QED) is 0.362. The van der Waals surface area contributed by atoms with Gasteiger partial charge in [-0.25, -0.2) is 19.7 Å². The minimum Gasteiger partial charge on any atom is -0.462 e. The predicted octanol–water partition coefficient (Wildman–Crippen LogP) is 4.72. The van der Waals surface area contributed by atoms with Crippen LogP contribution in [0.1, 0.15) is 44.6 Å². The highest BCUT2D eigenvalue weighted by molar-refractivity contribution is 6.08. The first-order chi connectivity index (χ1) is 17.4. The van der Waals surface area contributed by atoms with Crippen LogP contribution in [0.4, 0.5) is 5.82 Å². The molecule has 3 heterocycles. The highest BCUT2D eigenvalue weighted by atomic mass is 16.5. The number of carbonyl (C=O) groups excluding carboxylic acids is 2. The van der Waals surface area contributed by atoms with E-state index in [1.165, 1.54) is 10.9 Å². The number of anilines is 1. The average molecular weight is 481 g/mol. The molecule has 5 aromatic rings. The second kappa shape index (κ2) is 9.18. The highest BCUT2D eigenvalue weighted by Crippen LogP contribution is 2.25. The molecular weight excluding hydrogens is 456 g/mol. The van der Waals surface area contributed by atoms with Gasteiger partial charge in [0.15, 0.2) is 11.6 Å². The fourth-order valence-corrected chi connectivity index (χ4v) is 3.99. The average Bonchev–Trinajstić information content (AvgIpc) is 3.28. The summed E-state index contributed by atoms with van der Waals surface area (Å²) in [5.74, 6) is -0.381. The largest absolute Gasteiger partial charge is 0.462 e. The molecule has 0 unspecified atom stereocenters. The highest BCUT2D eigenvalue weighted by Gasteiger charge is 2.23. The summed E-state index contributed by atoms with van der Waals surface area (Å²) in [6.07, 6.45) is 1.37. The van der Waals surface area contributed by atoms with E-state index in [2.05, 4.69) is 20.4 Å². The van der Waals surface area contributed by atoms with Crippen molar-refractivity contribution in [2.24, 2.45) is 0 Å². The molecule has 1 N–H and O–H groups in total. The first kappa shape index (κ1) is 23.1. The first-order valence-corrected chi connectivity index (χ1v) is 11.5. The maximum atomic E-state index is 13.3. The van der Waals surface area contributed by atoms with Crippen molar-refractivity contribution in [1.82, 2.24) is 24.7 Å². The van der Waals surface area contributed by atoms with Crippen LogP contribution in [0.3, 0.4) is 0 Å². The van der Waals surface area contributed by atoms with Crippen molar-refractivity contribution in [2.45, 2.75) is 27.7 Å². The summed E-state index contributed by atoms with van der Waals surface area (Å²) in [6.45, 7) is 7.64. The molecule has 0 aliphatic rings. The molecule has 0 saturated carbocycles. The second-order valence-corrected chi connectivity index (χ2v) is 8.41. The van der Waals surface area contributed by atoms with Gasteiger partial charge in [-0.1, -0.05) is 18.2 Å². The molecule has 0 spiro atoms. The summed E-state index contributed by atoms with van der Waals surface area (Å²) >= 11 is 0. The molecule has 0 atom stereocenters. The number of carbonyl (C=O) groups is 2. The van der Waals surface area contributed by atoms with Gasteiger partial charge < -0.3 is 10.1 Å². The number of amides is 1. The molecule has 0 aliphatic heterocycles. The van der Waals surface area contributed by atoms with Gasteiger partial charge in [0.1, 0.15) is 5.56 Å². The van der Waals surface area contributed by atoms with E-state index in [1.54, 1.807) is 25.1 Å². The molecule has 0 aliphatic carbocycles. The number of aromatic nitrogens is 5. The third kappa shape index (κ3) is 4.15. The number of aryl methyl sites for hydroxylation is 3. The normalized spacial score (nSPS) is 11.1. The van der Waals surface area contributed by atoms with E-state index in [4.69, 9.17) is 9.72 Å². The Morgan fingerprint density at radius 1 is 0.917 bits per heavy atom. The summed E-state index contributed by atoms with van der Waals surface area (Å²) < 4.78 is 6.64. The lowest BCUT2D eigenvalue weighted by Gasteiger charge is -2.12. The van der Waals surface area contributed by atoms with E-state index < -0.39 is 11.9 Å². The standard InChI is InChI=1S/C27H24N6O3/c1-5-36-27(35)20-14-28-33(24-12-15(2)19-8-6-7-9-21(19)31-24)25(20)32-26(34)18-10-11-22-23(13-18)30-17(4)16(3)29-22/h6-14H,5H2,1-4H3,(H,32,34). The Kier molecular flexibility index (Phi) is 5.89. The van der Waals surface area contributed by atoms with Crippen molar-refractivity contribution in [3.8, 4) is 5.82 Å². The topological polar surface area (TPSA) is 112 Å². The molecule has 9 nitrogen and oxygen atoms in total. The molecule has 0 fully saturated rings. The van der Waals surface area contributed by atoms with Crippen LogP contribution in [0, 0.1) is 20.8 Å². The lowest BCUT2D eigenvalue weighted by Crippen LogP contribution is -2.18. The van der Waals surface area contributed by atoms with Crippen molar-refractivity contribution < 1.29 is 14.3 Å². The third-order valence-corrected chi connectivity index (χ3v) is 5.96. The molecular formula is C27H24N6O3. The van der Waals surface area contributed by atoms with Gasteiger partial charge in [0.2, 0.25) is 0 Å². The SMILES string of the molecule is CCOC(=O)c1cnn(-c2cc(C)c3ccccc3n2)c1NC(=O)c1ccc2nc(C)c(C)nc2c1. The van der Waals surface area contributed by atoms with Gasteiger partial charge in [-0.15, -0.1) is 0 Å². The van der Waals surface area contributed by atoms with E-state index >= 15 is 0 Å². The molecule has 1 amide bonds. The summed E-state index contributed by atoms with van der Waals surface area (Å²) in [7, 11) is 0. The predicted molar refractivity (Wildman–Crippen MR) is 137 cm³/mol. The third-order valence-electron chi connectivity index (χ3n) is 5.96. The number of pyridine rings is 1. The van der Waals surface area contributed by atoms with E-state index in [9.17, 15) is 9.59 Å². The van der Waals surface area contributed by atoms with E-state index in [1.807, 2.05) is 51.1 Å². The molecule has 180 valence electrons. The Hall–Kier alpha value is -4.66. The number of hydrogen-bond donors (Lipinski definition) is 1. The molecule has 0 saturated heterocycles. The Bertz CT molecular complexity index is 1660. The van der Waals surface area contributed by atoms with Gasteiger partial charge in [0.25, 0.3) is 5.91 Å². The van der Waals surface area contributed by atoms with Crippen molar-refractivity contribution in [3.05, 3.63) is 82.8 Å². The van der Waals surface area contributed by atoms with Crippen LogP contribution in [-0.4, -0.2) is 43.2 Å². The zero-order valence-corrected chi connectivity index (χ0v) is 20.4. The molecule has 2 aromatic carbocycles. The lowest BCUT2D eigenvalue weighted by atomic mass is 10.1. The van der Waals surface area contributed by atoms with Crippen LogP contribution in [-0.2, 0) is 4.74 Å². The summed E-state index contributed by atoms with van der Waals surface area (Å²) in [5.41, 5.74) is 5.19. The van der Waals surface area contributed by atoms with Crippen molar-refractivity contribution in [3.63, 3.8) is 0 Å². The molecule has 5 rings (SSSR count). The molecule has 3 aromatic heterocycles. The van der Waals surface area contributed by atoms with Crippen molar-refractivity contribution in [1.29, 1.82) is 0 Å². The van der Waals surface area contributed by atoms with Crippen LogP contribution < -0.4 is 5.32 Å². The van der Waals surface area contributed by atoms with Crippen LogP contribution in [0.5, 0.6) is 0 Å². The Morgan fingerprint density at radius 2 is 1.67 bits per heavy atom. The molecule has 9 heteroatoms. The van der Waals surface area contributed by atoms with Gasteiger partial charge >= 0.3 is 5.97 Å². The van der Waals surface area contributed by atoms with Gasteiger partial charge in [-0.05, 0) is 63.6 Å². The number of ether oxygens (including phenoxy) is 1. The minimum atomic E-state index is -0.591. The smallest absolute Gasteiger partial charge is 0.343 e.